The molecule has 0 radical (unpaired) electrons. The summed E-state index contributed by atoms with van der Waals surface area (Å²) in [6.45, 7) is 8.26. The zero-order valence-corrected chi connectivity index (χ0v) is 31.5. The first-order valence-electron chi connectivity index (χ1n) is 18.3. The number of fused-ring (bicyclic) bond motifs is 4. The molecule has 8 rings (SSSR count). The topological polar surface area (TPSA) is 139 Å². The van der Waals surface area contributed by atoms with E-state index in [0.717, 1.165) is 45.2 Å². The first-order valence-corrected chi connectivity index (χ1v) is 18.3. The molecule has 3 aromatic heterocycles. The van der Waals surface area contributed by atoms with Gasteiger partial charge in [0.2, 0.25) is 0 Å². The van der Waals surface area contributed by atoms with Gasteiger partial charge in [-0.3, -0.25) is 10.3 Å². The van der Waals surface area contributed by atoms with Crippen LogP contribution in [-0.2, 0) is 22.3 Å². The molecule has 2 aliphatic heterocycles. The molecule has 56 heavy (non-hydrogen) atoms. The number of nitrogens with zero attached hydrogens (tertiary/aromatic N) is 1. The van der Waals surface area contributed by atoms with Gasteiger partial charge in [-0.05, 0) is 86.4 Å². The average molecular weight is 755 g/mol. The van der Waals surface area contributed by atoms with Crippen molar-refractivity contribution < 1.29 is 32.6 Å². The molecule has 286 valence electrons. The molecular formula is C45H42N2O9. The van der Waals surface area contributed by atoms with E-state index in [2.05, 4.69) is 28.5 Å². The number of alkyl carbamates (subject to hydrolysis) is 1. The number of aromatic nitrogens is 1. The Hall–Kier alpha value is -6.46. The van der Waals surface area contributed by atoms with Crippen molar-refractivity contribution in [1.82, 2.24) is 10.3 Å². The number of carbonyl (C=O) groups is 1. The molecule has 2 aliphatic rings. The van der Waals surface area contributed by atoms with Gasteiger partial charge in [0.1, 0.15) is 46.1 Å². The summed E-state index contributed by atoms with van der Waals surface area (Å²) in [7, 11) is 0. The van der Waals surface area contributed by atoms with Crippen molar-refractivity contribution in [3.05, 3.63) is 159 Å². The van der Waals surface area contributed by atoms with Crippen molar-refractivity contribution in [2.45, 2.75) is 63.9 Å². The lowest BCUT2D eigenvalue weighted by Gasteiger charge is -2.39. The quantitative estimate of drug-likeness (QED) is 0.159. The van der Waals surface area contributed by atoms with Gasteiger partial charge < -0.3 is 27.8 Å². The third-order valence-electron chi connectivity index (χ3n) is 9.63. The minimum atomic E-state index is -0.750. The number of hydrogen-bond acceptors (Lipinski definition) is 10. The predicted octanol–water partition coefficient (Wildman–Crippen LogP) is 8.27. The molecule has 0 unspecified atom stereocenters. The number of amides is 1. The van der Waals surface area contributed by atoms with Gasteiger partial charge in [-0.1, -0.05) is 48.6 Å². The molecule has 0 saturated heterocycles. The second kappa shape index (κ2) is 16.1. The fraction of sp³-hybridized carbons (Fsp3) is 0.244. The van der Waals surface area contributed by atoms with E-state index in [9.17, 15) is 14.4 Å². The van der Waals surface area contributed by atoms with Crippen LogP contribution in [-0.4, -0.2) is 41.1 Å². The number of ether oxygens (including phenoxy) is 4. The minimum Gasteiger partial charge on any atom is -0.485 e. The molecule has 5 heterocycles. The lowest BCUT2D eigenvalue weighted by Crippen LogP contribution is -2.49. The Morgan fingerprint density at radius 2 is 1.34 bits per heavy atom. The van der Waals surface area contributed by atoms with Crippen molar-refractivity contribution in [2.24, 2.45) is 0 Å². The first-order chi connectivity index (χ1) is 26.9. The van der Waals surface area contributed by atoms with Gasteiger partial charge in [0.05, 0.1) is 6.61 Å². The van der Waals surface area contributed by atoms with Gasteiger partial charge >= 0.3 is 17.3 Å². The smallest absolute Gasteiger partial charge is 0.411 e. The molecule has 0 aliphatic carbocycles. The van der Waals surface area contributed by atoms with Crippen LogP contribution in [0.1, 0.15) is 49.9 Å². The number of benzene rings is 3. The summed E-state index contributed by atoms with van der Waals surface area (Å²) in [6, 6.07) is 27.5. The molecule has 6 aromatic rings. The van der Waals surface area contributed by atoms with Crippen LogP contribution in [0.4, 0.5) is 4.79 Å². The van der Waals surface area contributed by atoms with Crippen LogP contribution < -0.4 is 26.0 Å². The Labute approximate surface area is 323 Å². The van der Waals surface area contributed by atoms with E-state index in [-0.39, 0.29) is 11.7 Å². The summed E-state index contributed by atoms with van der Waals surface area (Å²) in [5, 5.41) is 4.28. The zero-order chi connectivity index (χ0) is 39.3. The minimum absolute atomic E-state index is 0.0707. The number of pyridine rings is 1. The summed E-state index contributed by atoms with van der Waals surface area (Å²) in [6.07, 6.45) is 10.8. The highest BCUT2D eigenvalue weighted by molar-refractivity contribution is 5.80. The molecule has 0 saturated carbocycles. The molecule has 0 bridgehead atoms. The van der Waals surface area contributed by atoms with E-state index in [1.807, 2.05) is 76.2 Å². The Morgan fingerprint density at radius 1 is 0.750 bits per heavy atom. The van der Waals surface area contributed by atoms with E-state index < -0.39 is 29.0 Å². The van der Waals surface area contributed by atoms with Gasteiger partial charge in [0, 0.05) is 66.5 Å². The molecule has 3 aromatic carbocycles. The fourth-order valence-corrected chi connectivity index (χ4v) is 6.59. The maximum atomic E-state index is 12.2. The van der Waals surface area contributed by atoms with Gasteiger partial charge in [0.25, 0.3) is 0 Å². The number of carbonyl (C=O) groups excluding carboxylic acids is 1. The Balaban J connectivity index is 0.000000172. The Kier molecular flexibility index (Phi) is 10.9. The Morgan fingerprint density at radius 3 is 1.95 bits per heavy atom. The lowest BCUT2D eigenvalue weighted by molar-refractivity contribution is -0.0753. The summed E-state index contributed by atoms with van der Waals surface area (Å²) >= 11 is 0. The van der Waals surface area contributed by atoms with Crippen LogP contribution in [0.15, 0.2) is 134 Å². The van der Waals surface area contributed by atoms with E-state index in [1.54, 1.807) is 42.7 Å². The molecule has 2 atom stereocenters. The molecule has 11 heteroatoms. The molecule has 1 N–H and O–H groups in total. The van der Waals surface area contributed by atoms with Crippen LogP contribution >= 0.6 is 0 Å². The van der Waals surface area contributed by atoms with E-state index in [1.165, 1.54) is 18.3 Å². The van der Waals surface area contributed by atoms with E-state index in [0.29, 0.717) is 29.9 Å². The summed E-state index contributed by atoms with van der Waals surface area (Å²) < 4.78 is 34.5. The molecule has 0 spiro atoms. The van der Waals surface area contributed by atoms with Crippen molar-refractivity contribution in [1.29, 1.82) is 0 Å². The monoisotopic (exact) mass is 754 g/mol. The molecular weight excluding hydrogens is 712 g/mol. The highest BCUT2D eigenvalue weighted by Gasteiger charge is 2.40. The highest BCUT2D eigenvalue weighted by Crippen LogP contribution is 2.38. The Bertz CT molecular complexity index is 2520. The first kappa shape index (κ1) is 37.8. The highest BCUT2D eigenvalue weighted by atomic mass is 16.6. The largest absolute Gasteiger partial charge is 0.485 e. The zero-order valence-electron chi connectivity index (χ0n) is 31.5. The second-order valence-electron chi connectivity index (χ2n) is 14.6. The van der Waals surface area contributed by atoms with Crippen molar-refractivity contribution in [2.75, 3.05) is 6.61 Å². The SMILES string of the molecule is CC1(C)Oc2cc3oc(=O)ccc3cc2C[C@@H]1OC(=O)N/C=C/c1cccnc1.CC1(C)Oc2cc3oc(=O)ccc3cc2C[C@@H]1OC/C=C/c1ccccc1. The molecule has 0 fully saturated rings. The van der Waals surface area contributed by atoms with Crippen LogP contribution in [0.3, 0.4) is 0 Å². The standard InChI is InChI=1S/C23H22O4.C22H20N2O5/c1-23(2)21(25-12-6-9-16-7-4-3-5-8-16)14-18-13-17-10-11-22(24)26-19(17)15-20(18)27-23;1-22(2)19(28-21(26)24-9-7-14-4-3-8-23-13-14)11-16-10-15-5-6-20(25)27-17(15)12-18(16)29-22/h3-11,13,15,21H,12,14H2,1-2H3;3-10,12-13,19H,11H2,1-2H3,(H,24,26)/b9-6+;9-7+/t21-;19-/m00/s1. The van der Waals surface area contributed by atoms with Gasteiger partial charge in [-0.25, -0.2) is 14.4 Å². The lowest BCUT2D eigenvalue weighted by atomic mass is 9.90. The average Bonchev–Trinajstić information content (AvgIpc) is 3.16. The fourth-order valence-electron chi connectivity index (χ4n) is 6.59. The maximum Gasteiger partial charge on any atom is 0.411 e. The third-order valence-corrected chi connectivity index (χ3v) is 9.63. The van der Waals surface area contributed by atoms with E-state index >= 15 is 0 Å². The number of rotatable bonds is 7. The van der Waals surface area contributed by atoms with Gasteiger partial charge in [0.15, 0.2) is 0 Å². The second-order valence-corrected chi connectivity index (χ2v) is 14.6. The molecule has 11 nitrogen and oxygen atoms in total. The van der Waals surface area contributed by atoms with Gasteiger partial charge in [-0.2, -0.15) is 0 Å². The maximum absolute atomic E-state index is 12.2. The summed E-state index contributed by atoms with van der Waals surface area (Å²) in [5.41, 5.74) is 2.97. The molecule has 1 amide bonds. The number of nitrogens with one attached hydrogen (secondary N) is 1. The van der Waals surface area contributed by atoms with Crippen molar-refractivity contribution in [3.63, 3.8) is 0 Å². The summed E-state index contributed by atoms with van der Waals surface area (Å²) in [4.78, 5) is 39.1. The van der Waals surface area contributed by atoms with Crippen LogP contribution in [0, 0.1) is 0 Å². The van der Waals surface area contributed by atoms with Crippen LogP contribution in [0.5, 0.6) is 11.5 Å². The number of hydrogen-bond donors (Lipinski definition) is 1. The van der Waals surface area contributed by atoms with E-state index in [4.69, 9.17) is 27.8 Å². The van der Waals surface area contributed by atoms with Gasteiger partial charge in [-0.15, -0.1) is 0 Å². The van der Waals surface area contributed by atoms with Crippen molar-refractivity contribution >= 4 is 40.2 Å². The normalized spacial score (nSPS) is 17.9. The van der Waals surface area contributed by atoms with Crippen LogP contribution in [0.25, 0.3) is 34.1 Å². The summed E-state index contributed by atoms with van der Waals surface area (Å²) in [5.74, 6) is 1.37. The predicted molar refractivity (Wildman–Crippen MR) is 214 cm³/mol. The van der Waals surface area contributed by atoms with Crippen LogP contribution in [0.2, 0.25) is 0 Å². The van der Waals surface area contributed by atoms with Crippen molar-refractivity contribution in [3.8, 4) is 11.5 Å². The third kappa shape index (κ3) is 9.07.